The molecule has 2 aromatic carbocycles. The highest BCUT2D eigenvalue weighted by molar-refractivity contribution is 7.13. The lowest BCUT2D eigenvalue weighted by Gasteiger charge is -2.47. The van der Waals surface area contributed by atoms with Gasteiger partial charge in [-0.1, -0.05) is 70.0 Å². The molecule has 0 bridgehead atoms. The van der Waals surface area contributed by atoms with Crippen LogP contribution in [0.2, 0.25) is 0 Å². The van der Waals surface area contributed by atoms with Crippen molar-refractivity contribution in [1.29, 1.82) is 0 Å². The molecule has 7 rings (SSSR count). The summed E-state index contributed by atoms with van der Waals surface area (Å²) in [4.78, 5) is 65.1. The predicted octanol–water partition coefficient (Wildman–Crippen LogP) is 6.22. The number of hydrogen-bond donors (Lipinski definition) is 5. The Bertz CT molecular complexity index is 2290. The summed E-state index contributed by atoms with van der Waals surface area (Å²) in [7, 11) is 0. The number of carbonyl (C=O) groups excluding carboxylic acids is 4. The van der Waals surface area contributed by atoms with Crippen LogP contribution in [-0.2, 0) is 25.7 Å². The van der Waals surface area contributed by atoms with Crippen LogP contribution in [0.1, 0.15) is 103 Å². The van der Waals surface area contributed by atoms with Crippen molar-refractivity contribution in [3.8, 4) is 27.4 Å². The van der Waals surface area contributed by atoms with E-state index in [1.807, 2.05) is 80.6 Å². The molecular weight excluding hydrogens is 843 g/mol. The van der Waals surface area contributed by atoms with E-state index in [1.54, 1.807) is 23.5 Å². The number of nitrogens with one attached hydrogen (secondary N) is 2. The van der Waals surface area contributed by atoms with E-state index in [9.17, 15) is 29.4 Å². The number of aliphatic hydroxyl groups is 1. The average molecular weight is 908 g/mol. The molecule has 4 amide bonds. The Morgan fingerprint density at radius 3 is 2.26 bits per heavy atom. The number of aromatic hydroxyl groups is 1. The Morgan fingerprint density at radius 2 is 1.60 bits per heavy atom. The van der Waals surface area contributed by atoms with Crippen molar-refractivity contribution in [2.75, 3.05) is 43.4 Å². The zero-order chi connectivity index (χ0) is 46.3. The van der Waals surface area contributed by atoms with Gasteiger partial charge in [-0.05, 0) is 85.6 Å². The van der Waals surface area contributed by atoms with Gasteiger partial charge in [0, 0.05) is 64.1 Å². The highest BCUT2D eigenvalue weighted by Crippen LogP contribution is 2.43. The number of para-hydroxylation sites is 1. The number of thiazole rings is 1. The van der Waals surface area contributed by atoms with Crippen LogP contribution in [0, 0.1) is 17.8 Å². The molecule has 0 saturated carbocycles. The lowest BCUT2D eigenvalue weighted by molar-refractivity contribution is -0.144. The number of nitrogens with zero attached hydrogens (tertiary/aromatic N) is 6. The molecule has 3 aliphatic rings. The molecule has 15 nitrogen and oxygen atoms in total. The third-order valence-electron chi connectivity index (χ3n) is 13.6. The Balaban J connectivity index is 0.800. The van der Waals surface area contributed by atoms with E-state index in [2.05, 4.69) is 30.7 Å². The first-order valence-corrected chi connectivity index (χ1v) is 24.0. The number of aliphatic hydroxyl groups excluding tert-OH is 1. The van der Waals surface area contributed by atoms with Gasteiger partial charge in [0.05, 0.1) is 33.6 Å². The molecule has 0 radical (unpaired) electrons. The summed E-state index contributed by atoms with van der Waals surface area (Å²) >= 11 is 1.58. The molecular formula is C49H65N9O6S. The third kappa shape index (κ3) is 11.6. The minimum absolute atomic E-state index is 0.0173. The fourth-order valence-corrected chi connectivity index (χ4v) is 10.3. The summed E-state index contributed by atoms with van der Waals surface area (Å²) in [5.41, 5.74) is 12.6. The molecule has 3 saturated heterocycles. The molecule has 3 atom stereocenters. The van der Waals surface area contributed by atoms with Crippen molar-refractivity contribution in [1.82, 2.24) is 35.6 Å². The van der Waals surface area contributed by atoms with Gasteiger partial charge in [-0.15, -0.1) is 21.5 Å². The van der Waals surface area contributed by atoms with Crippen LogP contribution in [0.15, 0.2) is 60.1 Å². The standard InChI is InChI=1S/C49H65N9O6S/c1-32-43(65-31-52-32)34-17-15-33(16-18-34)29-51-46(63)39-27-35(59)30-58(39)47(64)44(48(2,3)4)53-41(61)13-7-5-6-8-14-42(62)57-25-21-49(22-26-57)19-23-56(24-20-49)38-28-37(54-55-45(38)50)36-11-9-10-12-40(36)60/h9-12,15-18,28,31,35,39,44,59-60H,5-8,13-14,19-27,29-30H2,1-4H3,(H2,50,55)(H,51,63)(H,53,61)/t35-,39+,44-/m1/s1. The first kappa shape index (κ1) is 47.4. The zero-order valence-corrected chi connectivity index (χ0v) is 39.0. The van der Waals surface area contributed by atoms with Crippen LogP contribution in [0.25, 0.3) is 21.7 Å². The van der Waals surface area contributed by atoms with Crippen molar-refractivity contribution in [3.05, 3.63) is 71.4 Å². The molecule has 6 N–H and O–H groups in total. The molecule has 348 valence electrons. The summed E-state index contributed by atoms with van der Waals surface area (Å²) < 4.78 is 0. The smallest absolute Gasteiger partial charge is 0.246 e. The van der Waals surface area contributed by atoms with Gasteiger partial charge >= 0.3 is 0 Å². The number of amides is 4. The largest absolute Gasteiger partial charge is 0.507 e. The van der Waals surface area contributed by atoms with E-state index in [1.165, 1.54) is 4.90 Å². The Kier molecular flexibility index (Phi) is 15.1. The summed E-state index contributed by atoms with van der Waals surface area (Å²) in [6, 6.07) is 15.2. The number of β-amino-alcohol motifs (C(OH)–C–C–N with tert-alkyl or cyclic N) is 1. The van der Waals surface area contributed by atoms with E-state index >= 15 is 0 Å². The van der Waals surface area contributed by atoms with Gasteiger partial charge in [-0.25, -0.2) is 4.98 Å². The van der Waals surface area contributed by atoms with Crippen LogP contribution in [0.3, 0.4) is 0 Å². The number of aromatic nitrogens is 3. The molecule has 5 heterocycles. The van der Waals surface area contributed by atoms with Gasteiger partial charge in [-0.2, -0.15) is 0 Å². The van der Waals surface area contributed by atoms with Crippen molar-refractivity contribution < 1.29 is 29.4 Å². The highest BCUT2D eigenvalue weighted by Gasteiger charge is 2.44. The van der Waals surface area contributed by atoms with Gasteiger partial charge in [0.15, 0.2) is 5.82 Å². The summed E-state index contributed by atoms with van der Waals surface area (Å²) in [5, 5.41) is 35.3. The monoisotopic (exact) mass is 907 g/mol. The fraction of sp³-hybridized carbons (Fsp3) is 0.531. The maximum absolute atomic E-state index is 14.0. The van der Waals surface area contributed by atoms with Gasteiger partial charge < -0.3 is 41.3 Å². The Labute approximate surface area is 386 Å². The lowest BCUT2D eigenvalue weighted by atomic mass is 9.71. The highest BCUT2D eigenvalue weighted by atomic mass is 32.1. The van der Waals surface area contributed by atoms with Crippen molar-refractivity contribution >= 4 is 46.5 Å². The van der Waals surface area contributed by atoms with Gasteiger partial charge in [-0.3, -0.25) is 19.2 Å². The molecule has 2 aromatic heterocycles. The molecule has 0 unspecified atom stereocenters. The Morgan fingerprint density at radius 1 is 0.923 bits per heavy atom. The summed E-state index contributed by atoms with van der Waals surface area (Å²) in [5.74, 6) is -0.256. The summed E-state index contributed by atoms with van der Waals surface area (Å²) in [6.07, 6.45) is 6.96. The molecule has 3 aliphatic heterocycles. The molecule has 16 heteroatoms. The maximum atomic E-state index is 14.0. The molecule has 0 aliphatic carbocycles. The normalized spacial score (nSPS) is 19.0. The minimum atomic E-state index is -0.881. The number of likely N-dealkylation sites (tertiary alicyclic amines) is 2. The lowest BCUT2D eigenvalue weighted by Crippen LogP contribution is -2.57. The zero-order valence-electron chi connectivity index (χ0n) is 38.2. The van der Waals surface area contributed by atoms with E-state index in [-0.39, 0.29) is 60.7 Å². The second kappa shape index (κ2) is 20.7. The van der Waals surface area contributed by atoms with Gasteiger partial charge in [0.2, 0.25) is 23.6 Å². The third-order valence-corrected chi connectivity index (χ3v) is 14.6. The number of nitrogens with two attached hydrogens (primary N) is 1. The maximum Gasteiger partial charge on any atom is 0.246 e. The van der Waals surface area contributed by atoms with Crippen LogP contribution in [0.5, 0.6) is 5.75 Å². The number of hydrogen-bond acceptors (Lipinski definition) is 12. The average Bonchev–Trinajstić information content (AvgIpc) is 3.91. The Hall–Kier alpha value is -5.61. The van der Waals surface area contributed by atoms with Crippen LogP contribution < -0.4 is 21.3 Å². The molecule has 4 aromatic rings. The van der Waals surface area contributed by atoms with E-state index in [0.717, 1.165) is 98.5 Å². The second-order valence-electron chi connectivity index (χ2n) is 19.2. The SMILES string of the molecule is Cc1ncsc1-c1ccc(CNC(=O)[C@@H]2C[C@@H](O)CN2C(=O)[C@@H](NC(=O)CCCCCCC(=O)N2CCC3(CC2)CCN(c2cc(-c4ccccc4O)nnc2N)CC3)C(C)(C)C)cc1. The van der Waals surface area contributed by atoms with E-state index in [0.29, 0.717) is 29.9 Å². The van der Waals surface area contributed by atoms with Crippen molar-refractivity contribution in [2.45, 2.75) is 123 Å². The number of phenolic OH excluding ortho intramolecular Hbond substituents is 1. The second-order valence-corrected chi connectivity index (χ2v) is 20.1. The molecule has 65 heavy (non-hydrogen) atoms. The number of anilines is 2. The molecule has 3 fully saturated rings. The number of unbranched alkanes of at least 4 members (excludes halogenated alkanes) is 3. The van der Waals surface area contributed by atoms with Crippen molar-refractivity contribution in [2.24, 2.45) is 10.8 Å². The summed E-state index contributed by atoms with van der Waals surface area (Å²) in [6.45, 7) is 11.1. The number of carbonyl (C=O) groups is 4. The number of phenols is 1. The predicted molar refractivity (Wildman–Crippen MR) is 253 cm³/mol. The van der Waals surface area contributed by atoms with Crippen LogP contribution >= 0.6 is 11.3 Å². The number of piperidine rings is 2. The van der Waals surface area contributed by atoms with Crippen LogP contribution in [0.4, 0.5) is 11.5 Å². The quantitative estimate of drug-likeness (QED) is 0.0847. The number of rotatable bonds is 15. The first-order valence-electron chi connectivity index (χ1n) is 23.1. The number of aryl methyl sites for hydroxylation is 1. The number of nitrogen functional groups attached to an aromatic ring is 1. The van der Waals surface area contributed by atoms with Gasteiger partial charge in [0.25, 0.3) is 0 Å². The molecule has 1 spiro atoms. The van der Waals surface area contributed by atoms with Crippen molar-refractivity contribution in [3.63, 3.8) is 0 Å². The number of benzene rings is 2. The minimum Gasteiger partial charge on any atom is -0.507 e. The fourth-order valence-electron chi connectivity index (χ4n) is 9.51. The van der Waals surface area contributed by atoms with Crippen LogP contribution in [-0.4, -0.2) is 110 Å². The topological polar surface area (TPSA) is 207 Å². The first-order chi connectivity index (χ1) is 31.1. The van der Waals surface area contributed by atoms with Gasteiger partial charge in [0.1, 0.15) is 17.8 Å². The van der Waals surface area contributed by atoms with E-state index < -0.39 is 23.6 Å². The van der Waals surface area contributed by atoms with E-state index in [4.69, 9.17) is 5.73 Å².